The Hall–Kier alpha value is -2.64. The first kappa shape index (κ1) is 22.1. The van der Waals surface area contributed by atoms with Gasteiger partial charge in [0, 0.05) is 58.4 Å². The maximum Gasteiger partial charge on any atom is 0.191 e. The van der Waals surface area contributed by atoms with E-state index in [2.05, 4.69) is 49.5 Å². The fourth-order valence-electron chi connectivity index (χ4n) is 3.64. The number of hydrogen-bond donors (Lipinski definition) is 3. The van der Waals surface area contributed by atoms with Gasteiger partial charge in [0.1, 0.15) is 5.82 Å². The molecule has 0 amide bonds. The van der Waals surface area contributed by atoms with Crippen LogP contribution < -0.4 is 15.5 Å². The Balaban J connectivity index is 1.47. The Bertz CT molecular complexity index is 772. The maximum atomic E-state index is 9.72. The van der Waals surface area contributed by atoms with Crippen molar-refractivity contribution in [3.63, 3.8) is 0 Å². The summed E-state index contributed by atoms with van der Waals surface area (Å²) in [6.07, 6.45) is 1.93. The van der Waals surface area contributed by atoms with Gasteiger partial charge in [-0.1, -0.05) is 43.3 Å². The van der Waals surface area contributed by atoms with Gasteiger partial charge in [-0.3, -0.25) is 4.99 Å². The molecule has 1 aliphatic heterocycles. The van der Waals surface area contributed by atoms with Crippen LogP contribution in [0, 0.1) is 0 Å². The number of aromatic nitrogens is 1. The van der Waals surface area contributed by atoms with Crippen LogP contribution in [0.5, 0.6) is 0 Å². The summed E-state index contributed by atoms with van der Waals surface area (Å²) in [5.74, 6) is 1.79. The summed E-state index contributed by atoms with van der Waals surface area (Å²) < 4.78 is 0. The van der Waals surface area contributed by atoms with Crippen LogP contribution in [-0.2, 0) is 6.54 Å². The van der Waals surface area contributed by atoms with Crippen molar-refractivity contribution in [3.05, 3.63) is 59.8 Å². The third-order valence-corrected chi connectivity index (χ3v) is 5.64. The first-order chi connectivity index (χ1) is 14.7. The van der Waals surface area contributed by atoms with Gasteiger partial charge in [-0.05, 0) is 23.7 Å². The molecule has 3 rings (SSSR count). The topological polar surface area (TPSA) is 76.0 Å². The zero-order valence-electron chi connectivity index (χ0n) is 18.1. The second-order valence-electron chi connectivity index (χ2n) is 7.54. The number of hydrogen-bond acceptors (Lipinski definition) is 5. The Morgan fingerprint density at radius 1 is 1.10 bits per heavy atom. The lowest BCUT2D eigenvalue weighted by molar-refractivity contribution is 0.265. The number of aliphatic hydroxyl groups excluding tert-OH is 1. The molecule has 1 aliphatic rings. The molecule has 1 aromatic carbocycles. The summed E-state index contributed by atoms with van der Waals surface area (Å²) in [5.41, 5.74) is 2.22. The van der Waals surface area contributed by atoms with E-state index >= 15 is 0 Å². The summed E-state index contributed by atoms with van der Waals surface area (Å²) in [6.45, 7) is 8.93. The van der Waals surface area contributed by atoms with Gasteiger partial charge < -0.3 is 25.5 Å². The number of rotatable bonds is 8. The van der Waals surface area contributed by atoms with Crippen LogP contribution in [0.25, 0.3) is 0 Å². The Labute approximate surface area is 179 Å². The largest absolute Gasteiger partial charge is 0.396 e. The highest BCUT2D eigenvalue weighted by Crippen LogP contribution is 2.15. The molecule has 1 fully saturated rings. The predicted molar refractivity (Wildman–Crippen MR) is 123 cm³/mol. The van der Waals surface area contributed by atoms with E-state index in [1.165, 1.54) is 0 Å². The third kappa shape index (κ3) is 6.18. The number of nitrogens with one attached hydrogen (secondary N) is 2. The Morgan fingerprint density at radius 2 is 1.87 bits per heavy atom. The van der Waals surface area contributed by atoms with E-state index in [0.717, 1.165) is 49.7 Å². The van der Waals surface area contributed by atoms with E-state index in [0.29, 0.717) is 19.0 Å². The summed E-state index contributed by atoms with van der Waals surface area (Å²) >= 11 is 0. The van der Waals surface area contributed by atoms with Crippen molar-refractivity contribution in [1.29, 1.82) is 0 Å². The van der Waals surface area contributed by atoms with Crippen LogP contribution in [0.3, 0.4) is 0 Å². The molecule has 162 valence electrons. The zero-order chi connectivity index (χ0) is 21.2. The van der Waals surface area contributed by atoms with Gasteiger partial charge >= 0.3 is 0 Å². The highest BCUT2D eigenvalue weighted by atomic mass is 16.3. The fourth-order valence-corrected chi connectivity index (χ4v) is 3.64. The van der Waals surface area contributed by atoms with Crippen LogP contribution in [0.1, 0.15) is 24.0 Å². The normalized spacial score (nSPS) is 16.4. The average Bonchev–Trinajstić information content (AvgIpc) is 2.82. The highest BCUT2D eigenvalue weighted by Gasteiger charge is 2.16. The Kier molecular flexibility index (Phi) is 8.47. The summed E-state index contributed by atoms with van der Waals surface area (Å²) in [4.78, 5) is 13.8. The number of guanidine groups is 1. The predicted octanol–water partition coefficient (Wildman–Crippen LogP) is 1.66. The molecule has 0 aliphatic carbocycles. The molecule has 0 spiro atoms. The minimum absolute atomic E-state index is 0.0267. The van der Waals surface area contributed by atoms with E-state index in [1.807, 2.05) is 36.5 Å². The van der Waals surface area contributed by atoms with Gasteiger partial charge in [-0.25, -0.2) is 4.98 Å². The van der Waals surface area contributed by atoms with Crippen molar-refractivity contribution in [1.82, 2.24) is 20.5 Å². The number of benzene rings is 1. The van der Waals surface area contributed by atoms with E-state index < -0.39 is 0 Å². The van der Waals surface area contributed by atoms with Gasteiger partial charge in [-0.15, -0.1) is 0 Å². The van der Waals surface area contributed by atoms with E-state index in [-0.39, 0.29) is 12.5 Å². The van der Waals surface area contributed by atoms with Gasteiger partial charge in [-0.2, -0.15) is 0 Å². The highest BCUT2D eigenvalue weighted by molar-refractivity contribution is 5.79. The molecule has 0 radical (unpaired) electrons. The van der Waals surface area contributed by atoms with Crippen molar-refractivity contribution >= 4 is 11.8 Å². The fraction of sp³-hybridized carbons (Fsp3) is 0.478. The molecule has 1 saturated heterocycles. The Morgan fingerprint density at radius 3 is 2.47 bits per heavy atom. The molecule has 3 N–H and O–H groups in total. The van der Waals surface area contributed by atoms with Crippen LogP contribution >= 0.6 is 0 Å². The summed E-state index contributed by atoms with van der Waals surface area (Å²) in [6, 6.07) is 14.3. The summed E-state index contributed by atoms with van der Waals surface area (Å²) in [5, 5.41) is 16.4. The van der Waals surface area contributed by atoms with Gasteiger partial charge in [0.2, 0.25) is 0 Å². The first-order valence-electron chi connectivity index (χ1n) is 10.8. The molecule has 0 saturated carbocycles. The van der Waals surface area contributed by atoms with Crippen molar-refractivity contribution < 1.29 is 5.11 Å². The monoisotopic (exact) mass is 410 g/mol. The third-order valence-electron chi connectivity index (χ3n) is 5.64. The quantitative estimate of drug-likeness (QED) is 0.454. The van der Waals surface area contributed by atoms with Gasteiger partial charge in [0.25, 0.3) is 0 Å². The molecule has 30 heavy (non-hydrogen) atoms. The van der Waals surface area contributed by atoms with Crippen molar-refractivity contribution in [2.24, 2.45) is 4.99 Å². The van der Waals surface area contributed by atoms with Gasteiger partial charge in [0.05, 0.1) is 6.61 Å². The molecule has 1 atom stereocenters. The molecular weight excluding hydrogens is 376 g/mol. The smallest absolute Gasteiger partial charge is 0.191 e. The van der Waals surface area contributed by atoms with E-state index in [1.54, 1.807) is 7.05 Å². The van der Waals surface area contributed by atoms with E-state index in [4.69, 9.17) is 0 Å². The first-order valence-corrected chi connectivity index (χ1v) is 10.8. The molecular formula is C23H34N6O. The van der Waals surface area contributed by atoms with Crippen LogP contribution in [0.4, 0.5) is 5.82 Å². The van der Waals surface area contributed by atoms with Crippen LogP contribution in [0.2, 0.25) is 0 Å². The second-order valence-corrected chi connectivity index (χ2v) is 7.54. The number of aliphatic hydroxyl groups is 1. The second kappa shape index (κ2) is 11.5. The van der Waals surface area contributed by atoms with Crippen LogP contribution in [-0.4, -0.2) is 73.9 Å². The zero-order valence-corrected chi connectivity index (χ0v) is 18.1. The molecule has 2 aromatic rings. The number of nitrogens with zero attached hydrogens (tertiary/aromatic N) is 4. The van der Waals surface area contributed by atoms with E-state index in [9.17, 15) is 5.11 Å². The average molecular weight is 411 g/mol. The SMILES string of the molecule is CCN1CCN(c2ccc(CNC(=NC)NCC(CO)c3ccccc3)cn2)CC1. The molecule has 7 heteroatoms. The minimum Gasteiger partial charge on any atom is -0.396 e. The lowest BCUT2D eigenvalue weighted by Crippen LogP contribution is -2.46. The molecule has 7 nitrogen and oxygen atoms in total. The number of anilines is 1. The van der Waals surface area contributed by atoms with Crippen molar-refractivity contribution in [2.45, 2.75) is 19.4 Å². The molecule has 1 aromatic heterocycles. The molecule has 2 heterocycles. The van der Waals surface area contributed by atoms with Crippen molar-refractivity contribution in [2.75, 3.05) is 57.8 Å². The summed E-state index contributed by atoms with van der Waals surface area (Å²) in [7, 11) is 1.75. The number of aliphatic imine (C=N–C) groups is 1. The number of piperazine rings is 1. The lowest BCUT2D eigenvalue weighted by atomic mass is 10.0. The maximum absolute atomic E-state index is 9.72. The number of pyridine rings is 1. The molecule has 0 bridgehead atoms. The lowest BCUT2D eigenvalue weighted by Gasteiger charge is -2.34. The van der Waals surface area contributed by atoms with Crippen LogP contribution in [0.15, 0.2) is 53.7 Å². The standard InChI is InChI=1S/C23H34N6O/c1-3-28-11-13-29(14-12-28)22-10-9-19(15-25-22)16-26-23(24-2)27-17-21(18-30)20-7-5-4-6-8-20/h4-10,15,21,30H,3,11-14,16-18H2,1-2H3,(H2,24,26,27). The van der Waals surface area contributed by atoms with Gasteiger partial charge in [0.15, 0.2) is 5.96 Å². The number of likely N-dealkylation sites (N-methyl/N-ethyl adjacent to an activating group) is 1. The minimum atomic E-state index is 0.0267. The molecule has 1 unspecified atom stereocenters. The van der Waals surface area contributed by atoms with Crippen molar-refractivity contribution in [3.8, 4) is 0 Å².